The summed E-state index contributed by atoms with van der Waals surface area (Å²) < 4.78 is 6.29. The first-order chi connectivity index (χ1) is 18.8. The molecule has 0 fully saturated rings. The lowest BCUT2D eigenvalue weighted by Crippen LogP contribution is -2.14. The van der Waals surface area contributed by atoms with E-state index in [2.05, 4.69) is 47.8 Å². The van der Waals surface area contributed by atoms with Gasteiger partial charge >= 0.3 is 0 Å². The molecule has 0 saturated carbocycles. The highest BCUT2D eigenvalue weighted by Gasteiger charge is 2.25. The van der Waals surface area contributed by atoms with Crippen LogP contribution in [0.3, 0.4) is 0 Å². The Morgan fingerprint density at radius 1 is 0.868 bits per heavy atom. The minimum absolute atomic E-state index is 0.0942. The number of carbonyl (C=O) groups excluding carboxylic acids is 1. The number of carbonyl (C=O) groups is 1. The van der Waals surface area contributed by atoms with E-state index in [-0.39, 0.29) is 5.91 Å². The molecular formula is C33H28N2O2S. The monoisotopic (exact) mass is 516 g/mol. The number of rotatable bonds is 7. The summed E-state index contributed by atoms with van der Waals surface area (Å²) in [6, 6.07) is 32.2. The van der Waals surface area contributed by atoms with E-state index >= 15 is 0 Å². The van der Waals surface area contributed by atoms with Gasteiger partial charge < -0.3 is 10.1 Å². The van der Waals surface area contributed by atoms with E-state index < -0.39 is 0 Å². The summed E-state index contributed by atoms with van der Waals surface area (Å²) in [6.07, 6.45) is 6.01. The van der Waals surface area contributed by atoms with Gasteiger partial charge in [0.05, 0.1) is 5.56 Å². The van der Waals surface area contributed by atoms with Crippen molar-refractivity contribution in [2.45, 2.75) is 32.3 Å². The minimum Gasteiger partial charge on any atom is -0.488 e. The number of amides is 1. The number of hydrogen-bond acceptors (Lipinski definition) is 4. The van der Waals surface area contributed by atoms with Crippen molar-refractivity contribution in [2.24, 2.45) is 4.99 Å². The molecule has 0 spiro atoms. The van der Waals surface area contributed by atoms with Crippen molar-refractivity contribution >= 4 is 44.9 Å². The van der Waals surface area contributed by atoms with E-state index in [1.807, 2.05) is 60.8 Å². The van der Waals surface area contributed by atoms with Crippen molar-refractivity contribution in [2.75, 3.05) is 5.32 Å². The first-order valence-electron chi connectivity index (χ1n) is 13.0. The van der Waals surface area contributed by atoms with Crippen LogP contribution < -0.4 is 10.1 Å². The summed E-state index contributed by atoms with van der Waals surface area (Å²) in [5.74, 6) is 0.670. The molecule has 1 heterocycles. The van der Waals surface area contributed by atoms with Gasteiger partial charge in [-0.3, -0.25) is 4.79 Å². The topological polar surface area (TPSA) is 50.7 Å². The van der Waals surface area contributed by atoms with Crippen LogP contribution in [0.1, 0.15) is 44.8 Å². The van der Waals surface area contributed by atoms with Crippen LogP contribution in [0.25, 0.3) is 10.8 Å². The molecule has 6 rings (SSSR count). The van der Waals surface area contributed by atoms with Crippen molar-refractivity contribution in [3.8, 4) is 5.75 Å². The standard InChI is InChI=1S/C33H28N2O2S/c36-32(35-26-15-2-1-3-16-26)31-28-18-7-9-20-30(28)38-33(31)34-21-24-12-5-8-19-29(24)37-22-25-14-10-13-23-11-4-6-17-27(23)25/h1-6,8,10-17,19,21H,7,9,18,20,22H2,(H,35,36)/b34-21-. The highest BCUT2D eigenvalue weighted by atomic mass is 32.1. The van der Waals surface area contributed by atoms with Crippen LogP contribution in [0.4, 0.5) is 10.7 Å². The second-order valence-corrected chi connectivity index (χ2v) is 10.5. The molecule has 0 radical (unpaired) electrons. The summed E-state index contributed by atoms with van der Waals surface area (Å²) in [5.41, 5.74) is 4.67. The highest BCUT2D eigenvalue weighted by molar-refractivity contribution is 7.16. The van der Waals surface area contributed by atoms with Gasteiger partial charge in [0.15, 0.2) is 0 Å². The number of anilines is 1. The van der Waals surface area contributed by atoms with E-state index in [9.17, 15) is 4.79 Å². The molecule has 0 unspecified atom stereocenters. The molecule has 4 aromatic carbocycles. The molecule has 38 heavy (non-hydrogen) atoms. The maximum atomic E-state index is 13.4. The lowest BCUT2D eigenvalue weighted by molar-refractivity contribution is 0.102. The Bertz CT molecular complexity index is 1620. The molecule has 1 N–H and O–H groups in total. The average molecular weight is 517 g/mol. The van der Waals surface area contributed by atoms with Crippen LogP contribution in [0.5, 0.6) is 5.75 Å². The minimum atomic E-state index is -0.0942. The fourth-order valence-corrected chi connectivity index (χ4v) is 6.24. The number of aryl methyl sites for hydroxylation is 1. The average Bonchev–Trinajstić information content (AvgIpc) is 3.34. The van der Waals surface area contributed by atoms with Crippen molar-refractivity contribution in [3.05, 3.63) is 124 Å². The fraction of sp³-hybridized carbons (Fsp3) is 0.152. The Morgan fingerprint density at radius 3 is 2.55 bits per heavy atom. The Hall–Kier alpha value is -4.22. The van der Waals surface area contributed by atoms with Crippen molar-refractivity contribution in [3.63, 3.8) is 0 Å². The van der Waals surface area contributed by atoms with Gasteiger partial charge in [-0.2, -0.15) is 0 Å². The fourth-order valence-electron chi connectivity index (χ4n) is 5.01. The van der Waals surface area contributed by atoms with Crippen molar-refractivity contribution < 1.29 is 9.53 Å². The predicted octanol–water partition coefficient (Wildman–Crippen LogP) is 8.36. The molecule has 5 heteroatoms. The zero-order chi connectivity index (χ0) is 25.7. The summed E-state index contributed by atoms with van der Waals surface area (Å²) >= 11 is 1.64. The quantitative estimate of drug-likeness (QED) is 0.221. The van der Waals surface area contributed by atoms with Gasteiger partial charge in [-0.25, -0.2) is 4.99 Å². The summed E-state index contributed by atoms with van der Waals surface area (Å²) in [4.78, 5) is 19.6. The summed E-state index contributed by atoms with van der Waals surface area (Å²) in [6.45, 7) is 0.463. The number of aliphatic imine (C=N–C) groups is 1. The molecule has 4 nitrogen and oxygen atoms in total. The lowest BCUT2D eigenvalue weighted by Gasteiger charge is -2.13. The Balaban J connectivity index is 1.27. The van der Waals surface area contributed by atoms with Crippen LogP contribution in [-0.2, 0) is 19.4 Å². The molecule has 1 amide bonds. The second kappa shape index (κ2) is 11.0. The molecule has 0 saturated heterocycles. The smallest absolute Gasteiger partial charge is 0.259 e. The van der Waals surface area contributed by atoms with Gasteiger partial charge in [0.1, 0.15) is 17.4 Å². The predicted molar refractivity (Wildman–Crippen MR) is 157 cm³/mol. The van der Waals surface area contributed by atoms with Crippen LogP contribution in [0.2, 0.25) is 0 Å². The lowest BCUT2D eigenvalue weighted by atomic mass is 9.95. The third-order valence-corrected chi connectivity index (χ3v) is 8.11. The van der Waals surface area contributed by atoms with Gasteiger partial charge in [-0.05, 0) is 71.8 Å². The van der Waals surface area contributed by atoms with E-state index in [1.54, 1.807) is 11.3 Å². The molecule has 5 aromatic rings. The SMILES string of the molecule is O=C(Nc1ccccc1)c1c(/N=C\c2ccccc2OCc2cccc3ccccc23)sc2c1CCCC2. The number of hydrogen-bond donors (Lipinski definition) is 1. The number of thiophene rings is 1. The molecule has 1 aliphatic carbocycles. The Morgan fingerprint density at radius 2 is 1.63 bits per heavy atom. The van der Waals surface area contributed by atoms with Gasteiger partial charge in [-0.1, -0.05) is 72.8 Å². The van der Waals surface area contributed by atoms with Gasteiger partial charge in [0.25, 0.3) is 5.91 Å². The van der Waals surface area contributed by atoms with Crippen LogP contribution in [-0.4, -0.2) is 12.1 Å². The third-order valence-electron chi connectivity index (χ3n) is 6.91. The largest absolute Gasteiger partial charge is 0.488 e. The number of nitrogens with zero attached hydrogens (tertiary/aromatic N) is 1. The van der Waals surface area contributed by atoms with Gasteiger partial charge in [0, 0.05) is 22.3 Å². The Kier molecular flexibility index (Phi) is 7.01. The number of benzene rings is 4. The van der Waals surface area contributed by atoms with Crippen molar-refractivity contribution in [1.82, 2.24) is 0 Å². The summed E-state index contributed by atoms with van der Waals surface area (Å²) in [5, 5.41) is 6.22. The van der Waals surface area contributed by atoms with E-state index in [4.69, 9.17) is 9.73 Å². The highest BCUT2D eigenvalue weighted by Crippen LogP contribution is 2.40. The Labute approximate surface area is 226 Å². The maximum absolute atomic E-state index is 13.4. The van der Waals surface area contributed by atoms with Gasteiger partial charge in [0.2, 0.25) is 0 Å². The molecule has 0 aliphatic heterocycles. The maximum Gasteiger partial charge on any atom is 0.259 e. The number of para-hydroxylation sites is 2. The zero-order valence-electron chi connectivity index (χ0n) is 21.0. The van der Waals surface area contributed by atoms with Crippen molar-refractivity contribution in [1.29, 1.82) is 0 Å². The van der Waals surface area contributed by atoms with Crippen LogP contribution >= 0.6 is 11.3 Å². The van der Waals surface area contributed by atoms with E-state index in [1.165, 1.54) is 15.6 Å². The van der Waals surface area contributed by atoms with Crippen LogP contribution in [0.15, 0.2) is 102 Å². The summed E-state index contributed by atoms with van der Waals surface area (Å²) in [7, 11) is 0. The number of ether oxygens (including phenoxy) is 1. The molecule has 188 valence electrons. The van der Waals surface area contributed by atoms with Gasteiger partial charge in [-0.15, -0.1) is 11.3 Å². The molecule has 0 bridgehead atoms. The number of fused-ring (bicyclic) bond motifs is 2. The zero-order valence-corrected chi connectivity index (χ0v) is 21.8. The number of nitrogens with one attached hydrogen (secondary N) is 1. The first kappa shape index (κ1) is 24.1. The second-order valence-electron chi connectivity index (χ2n) is 9.43. The molecule has 0 atom stereocenters. The molecule has 1 aliphatic rings. The van der Waals surface area contributed by atoms with E-state index in [0.717, 1.165) is 58.8 Å². The normalized spacial score (nSPS) is 12.9. The molecular weight excluding hydrogens is 488 g/mol. The first-order valence-corrected chi connectivity index (χ1v) is 13.8. The van der Waals surface area contributed by atoms with Crippen LogP contribution in [0, 0.1) is 0 Å². The third kappa shape index (κ3) is 5.11. The molecule has 1 aromatic heterocycles. The van der Waals surface area contributed by atoms with E-state index in [0.29, 0.717) is 12.2 Å².